The maximum atomic E-state index is 12.6. The van der Waals surface area contributed by atoms with Crippen LogP contribution in [-0.2, 0) is 4.79 Å². The van der Waals surface area contributed by atoms with Gasteiger partial charge in [0.15, 0.2) is 0 Å². The quantitative estimate of drug-likeness (QED) is 0.764. The molecule has 9 heteroatoms. The average molecular weight is 421 g/mol. The Hall–Kier alpha value is -1.74. The summed E-state index contributed by atoms with van der Waals surface area (Å²) in [6.45, 7) is 4.68. The van der Waals surface area contributed by atoms with Crippen LogP contribution in [0.4, 0.5) is 9.93 Å². The van der Waals surface area contributed by atoms with E-state index in [2.05, 4.69) is 25.7 Å². The molecule has 3 aliphatic rings. The molecule has 2 saturated heterocycles. The van der Waals surface area contributed by atoms with Gasteiger partial charge in [0.2, 0.25) is 11.0 Å². The fraction of sp³-hybridized carbons (Fsp3) is 0.800. The normalized spacial score (nSPS) is 22.7. The first-order valence-electron chi connectivity index (χ1n) is 11.0. The van der Waals surface area contributed by atoms with Gasteiger partial charge in [-0.05, 0) is 44.4 Å². The van der Waals surface area contributed by atoms with Crippen molar-refractivity contribution in [1.82, 2.24) is 25.3 Å². The molecular weight excluding hydrogens is 388 g/mol. The highest BCUT2D eigenvalue weighted by atomic mass is 32.1. The fourth-order valence-corrected chi connectivity index (χ4v) is 5.31. The molecule has 2 N–H and O–H groups in total. The van der Waals surface area contributed by atoms with Gasteiger partial charge in [-0.2, -0.15) is 0 Å². The van der Waals surface area contributed by atoms with E-state index in [4.69, 9.17) is 0 Å². The molecular formula is C20H32N6O2S. The van der Waals surface area contributed by atoms with Gasteiger partial charge in [-0.25, -0.2) is 4.79 Å². The number of urea groups is 1. The molecule has 2 aliphatic heterocycles. The van der Waals surface area contributed by atoms with Gasteiger partial charge in [0.1, 0.15) is 5.51 Å². The largest absolute Gasteiger partial charge is 0.335 e. The molecule has 0 atom stereocenters. The zero-order valence-electron chi connectivity index (χ0n) is 17.0. The van der Waals surface area contributed by atoms with E-state index in [1.165, 1.54) is 43.6 Å². The van der Waals surface area contributed by atoms with Gasteiger partial charge in [-0.3, -0.25) is 4.79 Å². The van der Waals surface area contributed by atoms with Crippen LogP contribution in [0.15, 0.2) is 5.51 Å². The smallest absolute Gasteiger partial charge is 0.317 e. The Bertz CT molecular complexity index is 663. The topological polar surface area (TPSA) is 90.5 Å². The van der Waals surface area contributed by atoms with Crippen LogP contribution in [-0.4, -0.2) is 70.7 Å². The monoisotopic (exact) mass is 420 g/mol. The highest BCUT2D eigenvalue weighted by Crippen LogP contribution is 2.26. The SMILES string of the molecule is O=C(Nc1nncs1)C1CCN(C(=O)NC2CCN(CC3CCCC3)CC2)CC1. The molecule has 1 saturated carbocycles. The number of carbonyl (C=O) groups is 2. The molecule has 3 heterocycles. The number of likely N-dealkylation sites (tertiary alicyclic amines) is 2. The van der Waals surface area contributed by atoms with Crippen LogP contribution in [0, 0.1) is 11.8 Å². The van der Waals surface area contributed by atoms with Gasteiger partial charge < -0.3 is 20.4 Å². The van der Waals surface area contributed by atoms with Gasteiger partial charge in [0.25, 0.3) is 0 Å². The molecule has 3 fully saturated rings. The zero-order valence-corrected chi connectivity index (χ0v) is 17.8. The van der Waals surface area contributed by atoms with E-state index in [-0.39, 0.29) is 23.9 Å². The third kappa shape index (κ3) is 5.66. The first-order valence-corrected chi connectivity index (χ1v) is 11.9. The number of nitrogens with zero attached hydrogens (tertiary/aromatic N) is 4. The van der Waals surface area contributed by atoms with Gasteiger partial charge in [-0.15, -0.1) is 10.2 Å². The maximum Gasteiger partial charge on any atom is 0.317 e. The summed E-state index contributed by atoms with van der Waals surface area (Å²) < 4.78 is 0. The number of rotatable bonds is 5. The third-order valence-electron chi connectivity index (χ3n) is 6.65. The predicted octanol–water partition coefficient (Wildman–Crippen LogP) is 2.55. The van der Waals surface area contributed by atoms with Crippen LogP contribution in [0.1, 0.15) is 51.4 Å². The number of piperidine rings is 2. The lowest BCUT2D eigenvalue weighted by molar-refractivity contribution is -0.121. The number of anilines is 1. The first kappa shape index (κ1) is 20.5. The molecule has 29 heavy (non-hydrogen) atoms. The Morgan fingerprint density at radius 3 is 2.41 bits per heavy atom. The van der Waals surface area contributed by atoms with Crippen molar-refractivity contribution in [2.75, 3.05) is 38.0 Å². The van der Waals surface area contributed by atoms with Crippen molar-refractivity contribution < 1.29 is 9.59 Å². The standard InChI is InChI=1S/C20H32N6O2S/c27-18(23-19-24-21-14-29-19)16-5-11-26(12-6-16)20(28)22-17-7-9-25(10-8-17)13-15-3-1-2-4-15/h14-17H,1-13H2,(H,22,28)(H,23,24,27). The Labute approximate surface area is 176 Å². The van der Waals surface area contributed by atoms with Crippen molar-refractivity contribution in [3.63, 3.8) is 0 Å². The van der Waals surface area contributed by atoms with E-state index in [1.54, 1.807) is 5.51 Å². The van der Waals surface area contributed by atoms with E-state index < -0.39 is 0 Å². The number of amides is 3. The van der Waals surface area contributed by atoms with E-state index in [9.17, 15) is 9.59 Å². The van der Waals surface area contributed by atoms with E-state index in [0.29, 0.717) is 31.1 Å². The minimum atomic E-state index is -0.0678. The van der Waals surface area contributed by atoms with Crippen LogP contribution in [0.3, 0.4) is 0 Å². The minimum absolute atomic E-state index is 0.0172. The van der Waals surface area contributed by atoms with Crippen LogP contribution < -0.4 is 10.6 Å². The van der Waals surface area contributed by atoms with Crippen molar-refractivity contribution >= 4 is 28.4 Å². The van der Waals surface area contributed by atoms with Gasteiger partial charge in [-0.1, -0.05) is 24.2 Å². The molecule has 0 unspecified atom stereocenters. The lowest BCUT2D eigenvalue weighted by Crippen LogP contribution is -2.51. The fourth-order valence-electron chi connectivity index (χ4n) is 4.86. The third-order valence-corrected chi connectivity index (χ3v) is 7.26. The van der Waals surface area contributed by atoms with Gasteiger partial charge >= 0.3 is 6.03 Å². The summed E-state index contributed by atoms with van der Waals surface area (Å²) in [6, 6.07) is 0.308. The highest BCUT2D eigenvalue weighted by Gasteiger charge is 2.30. The first-order chi connectivity index (χ1) is 14.2. The Balaban J connectivity index is 1.14. The Morgan fingerprint density at radius 1 is 1.03 bits per heavy atom. The van der Waals surface area contributed by atoms with Crippen LogP contribution in [0.2, 0.25) is 0 Å². The molecule has 0 aromatic carbocycles. The molecule has 0 spiro atoms. The summed E-state index contributed by atoms with van der Waals surface area (Å²) in [7, 11) is 0. The van der Waals surface area contributed by atoms with E-state index >= 15 is 0 Å². The summed E-state index contributed by atoms with van der Waals surface area (Å²) in [4.78, 5) is 29.4. The summed E-state index contributed by atoms with van der Waals surface area (Å²) in [5.74, 6) is 0.810. The second-order valence-electron chi connectivity index (χ2n) is 8.67. The lowest BCUT2D eigenvalue weighted by Gasteiger charge is -2.36. The lowest BCUT2D eigenvalue weighted by atomic mass is 9.96. The van der Waals surface area contributed by atoms with Crippen molar-refractivity contribution in [2.45, 2.75) is 57.4 Å². The predicted molar refractivity (Wildman–Crippen MR) is 113 cm³/mol. The summed E-state index contributed by atoms with van der Waals surface area (Å²) in [6.07, 6.45) is 9.06. The number of hydrogen-bond acceptors (Lipinski definition) is 6. The molecule has 0 radical (unpaired) electrons. The minimum Gasteiger partial charge on any atom is -0.335 e. The van der Waals surface area contributed by atoms with E-state index in [0.717, 1.165) is 31.8 Å². The molecule has 1 aromatic rings. The van der Waals surface area contributed by atoms with Crippen molar-refractivity contribution in [3.05, 3.63) is 5.51 Å². The van der Waals surface area contributed by atoms with Gasteiger partial charge in [0.05, 0.1) is 0 Å². The second-order valence-corrected chi connectivity index (χ2v) is 9.50. The second kappa shape index (κ2) is 9.84. The number of hydrogen-bond donors (Lipinski definition) is 2. The summed E-state index contributed by atoms with van der Waals surface area (Å²) in [5, 5.41) is 14.2. The van der Waals surface area contributed by atoms with Gasteiger partial charge in [0, 0.05) is 44.7 Å². The maximum absolute atomic E-state index is 12.6. The van der Waals surface area contributed by atoms with Crippen LogP contribution in [0.5, 0.6) is 0 Å². The summed E-state index contributed by atoms with van der Waals surface area (Å²) in [5.41, 5.74) is 1.60. The van der Waals surface area contributed by atoms with Crippen molar-refractivity contribution in [2.24, 2.45) is 11.8 Å². The molecule has 3 amide bonds. The van der Waals surface area contributed by atoms with Crippen LogP contribution in [0.25, 0.3) is 0 Å². The molecule has 8 nitrogen and oxygen atoms in total. The Kier molecular flexibility index (Phi) is 6.97. The zero-order chi connectivity index (χ0) is 20.1. The molecule has 0 bridgehead atoms. The number of aromatic nitrogens is 2. The Morgan fingerprint density at radius 2 is 1.76 bits per heavy atom. The highest BCUT2D eigenvalue weighted by molar-refractivity contribution is 7.13. The van der Waals surface area contributed by atoms with Crippen molar-refractivity contribution in [1.29, 1.82) is 0 Å². The number of nitrogens with one attached hydrogen (secondary N) is 2. The average Bonchev–Trinajstić information content (AvgIpc) is 3.44. The summed E-state index contributed by atoms with van der Waals surface area (Å²) >= 11 is 1.32. The van der Waals surface area contributed by atoms with Crippen molar-refractivity contribution in [3.8, 4) is 0 Å². The molecule has 160 valence electrons. The van der Waals surface area contributed by atoms with E-state index in [1.807, 2.05) is 4.90 Å². The molecule has 1 aliphatic carbocycles. The molecule has 4 rings (SSSR count). The number of carbonyl (C=O) groups excluding carboxylic acids is 2. The van der Waals surface area contributed by atoms with Crippen LogP contribution >= 0.6 is 11.3 Å². The molecule has 1 aromatic heterocycles.